The minimum atomic E-state index is -2.84. The minimum absolute atomic E-state index is 0.222. The fourth-order valence-corrected chi connectivity index (χ4v) is 11.1. The summed E-state index contributed by atoms with van der Waals surface area (Å²) < 4.78 is 85.5. The van der Waals surface area contributed by atoms with Crippen molar-refractivity contribution >= 4 is 29.5 Å². The van der Waals surface area contributed by atoms with Crippen LogP contribution in [0.4, 0.5) is 0 Å². The van der Waals surface area contributed by atoms with E-state index in [1.165, 1.54) is 0 Å². The van der Waals surface area contributed by atoms with Crippen LogP contribution in [0.5, 0.6) is 0 Å². The summed E-state index contributed by atoms with van der Waals surface area (Å²) in [5.74, 6) is -2.21. The fraction of sp³-hybridized carbons (Fsp3) is 0.953. The molecule has 20 nitrogen and oxygen atoms in total. The number of ether oxygens (including phenoxy) is 9. The molecule has 1 atom stereocenters. The summed E-state index contributed by atoms with van der Waals surface area (Å²) in [6, 6.07) is 1.29. The molecule has 0 aromatic heterocycles. The zero-order valence-corrected chi connectivity index (χ0v) is 43.5. The molecule has 0 radical (unpaired) electrons. The largest absolute Gasteiger partial charge is 0.500 e. The first-order valence-corrected chi connectivity index (χ1v) is 27.6. The van der Waals surface area contributed by atoms with E-state index in [0.29, 0.717) is 190 Å². The van der Waals surface area contributed by atoms with E-state index in [-0.39, 0.29) is 6.42 Å². The molecule has 0 fully saturated rings. The molecule has 0 spiro atoms. The monoisotopic (exact) mass is 982 g/mol. The molecule has 0 rings (SSSR count). The normalized spacial score (nSPS) is 12.4. The highest BCUT2D eigenvalue weighted by Gasteiger charge is 2.41. The van der Waals surface area contributed by atoms with E-state index in [4.69, 9.17) is 74.3 Å². The van der Waals surface area contributed by atoms with Crippen LogP contribution < -0.4 is 0 Å². The number of methoxy groups -OCH3 is 1. The van der Waals surface area contributed by atoms with Gasteiger partial charge < -0.3 is 84.3 Å². The van der Waals surface area contributed by atoms with Crippen molar-refractivity contribution in [3.8, 4) is 0 Å². The summed E-state index contributed by atoms with van der Waals surface area (Å²) in [4.78, 5) is 24.0. The van der Waals surface area contributed by atoms with E-state index in [2.05, 4.69) is 4.90 Å². The third-order valence-corrected chi connectivity index (χ3v) is 15.2. The molecule has 65 heavy (non-hydrogen) atoms. The van der Waals surface area contributed by atoms with E-state index >= 15 is 0 Å². The number of carbonyl (C=O) groups is 2. The Morgan fingerprint density at radius 2 is 0.708 bits per heavy atom. The zero-order chi connectivity index (χ0) is 48.5. The summed E-state index contributed by atoms with van der Waals surface area (Å²) in [6.45, 7) is 26.0. The maximum Gasteiger partial charge on any atom is 0.500 e. The van der Waals surface area contributed by atoms with E-state index in [1.807, 2.05) is 41.5 Å². The van der Waals surface area contributed by atoms with Crippen LogP contribution in [-0.4, -0.2) is 223 Å². The zero-order valence-electron chi connectivity index (χ0n) is 41.5. The first-order valence-electron chi connectivity index (χ1n) is 23.7. The number of carboxylic acids is 2. The smallest absolute Gasteiger partial charge is 0.481 e. The standard InChI is InChI=1S/C40H85NO17Si2.C3H6O2/c1-8-53-59(54-9-2,55-10-3)36-14-17-41(18-15-37-60(56-11-4,57-12-5)58-13-6)38-39(40(42)43)16-19-45-22-23-47-26-27-49-30-31-51-34-35-52-33-32-50-29-28-48-25-24-46-21-20-44-7;1-2-3(4)5/h39H,8-38H2,1-7H3,(H,42,43);2H2,1H3,(H,4,5). The summed E-state index contributed by atoms with van der Waals surface area (Å²) >= 11 is 0. The molecular weight excluding hydrogens is 891 g/mol. The summed E-state index contributed by atoms with van der Waals surface area (Å²) in [7, 11) is -4.03. The van der Waals surface area contributed by atoms with Crippen molar-refractivity contribution in [3.05, 3.63) is 0 Å². The Hall–Kier alpha value is -1.27. The highest BCUT2D eigenvalue weighted by molar-refractivity contribution is 6.61. The van der Waals surface area contributed by atoms with E-state index in [9.17, 15) is 14.7 Å². The second-order valence-electron chi connectivity index (χ2n) is 13.9. The molecule has 1 unspecified atom stereocenters. The predicted molar refractivity (Wildman–Crippen MR) is 249 cm³/mol. The van der Waals surface area contributed by atoms with Gasteiger partial charge in [0.25, 0.3) is 0 Å². The van der Waals surface area contributed by atoms with Crippen molar-refractivity contribution in [1.29, 1.82) is 0 Å². The van der Waals surface area contributed by atoms with Crippen LogP contribution in [0.2, 0.25) is 12.1 Å². The van der Waals surface area contributed by atoms with Crippen molar-refractivity contribution in [2.75, 3.05) is 179 Å². The number of hydrogen-bond donors (Lipinski definition) is 2. The molecule has 0 aromatic carbocycles. The van der Waals surface area contributed by atoms with Gasteiger partial charge in [0.2, 0.25) is 0 Å². The second kappa shape index (κ2) is 49.2. The lowest BCUT2D eigenvalue weighted by molar-refractivity contribution is -0.143. The molecule has 0 aromatic rings. The lowest BCUT2D eigenvalue weighted by Gasteiger charge is -2.31. The number of nitrogens with zero attached hydrogens (tertiary/aromatic N) is 1. The molecule has 0 aliphatic heterocycles. The SMILES string of the molecule is CCC(=O)O.CCO[Si](CCCN(CCC[Si](OCC)(OCC)OCC)CC(CCOCCOCCOCCOCCOCCOCCOCCOCCOC)C(=O)O)(OCC)OCC. The molecule has 0 heterocycles. The second-order valence-corrected chi connectivity index (χ2v) is 19.4. The lowest BCUT2D eigenvalue weighted by atomic mass is 10.1. The van der Waals surface area contributed by atoms with Crippen LogP contribution in [0.3, 0.4) is 0 Å². The quantitative estimate of drug-likeness (QED) is 0.0633. The maximum atomic E-state index is 12.4. The van der Waals surface area contributed by atoms with Crippen LogP contribution >= 0.6 is 0 Å². The molecule has 22 heteroatoms. The van der Waals surface area contributed by atoms with Crippen LogP contribution in [0.25, 0.3) is 0 Å². The summed E-state index contributed by atoms with van der Waals surface area (Å²) in [5, 5.41) is 17.9. The van der Waals surface area contributed by atoms with Gasteiger partial charge in [0, 0.05) is 78.4 Å². The average Bonchev–Trinajstić information content (AvgIpc) is 3.27. The Morgan fingerprint density at radius 3 is 0.938 bits per heavy atom. The highest BCUT2D eigenvalue weighted by Crippen LogP contribution is 2.22. The predicted octanol–water partition coefficient (Wildman–Crippen LogP) is 4.52. The minimum Gasteiger partial charge on any atom is -0.481 e. The fourth-order valence-electron chi connectivity index (χ4n) is 5.95. The van der Waals surface area contributed by atoms with Gasteiger partial charge in [0.15, 0.2) is 0 Å². The van der Waals surface area contributed by atoms with Gasteiger partial charge in [-0.15, -0.1) is 0 Å². The number of rotatable bonds is 51. The molecular formula is C43H91NO19Si2. The van der Waals surface area contributed by atoms with Crippen LogP contribution in [-0.2, 0) is 78.8 Å². The average molecular weight is 982 g/mol. The molecule has 0 saturated heterocycles. The summed E-state index contributed by atoms with van der Waals surface area (Å²) in [5.41, 5.74) is 0. The van der Waals surface area contributed by atoms with Gasteiger partial charge in [-0.2, -0.15) is 0 Å². The number of carboxylic acid groups (broad SMARTS) is 2. The van der Waals surface area contributed by atoms with Crippen molar-refractivity contribution in [1.82, 2.24) is 4.90 Å². The third kappa shape index (κ3) is 41.4. The molecule has 0 aliphatic rings. The molecule has 390 valence electrons. The van der Waals surface area contributed by atoms with Gasteiger partial charge in [0.1, 0.15) is 0 Å². The number of aliphatic carboxylic acids is 2. The van der Waals surface area contributed by atoms with Gasteiger partial charge >= 0.3 is 29.5 Å². The first-order chi connectivity index (χ1) is 31.6. The Labute approximate surface area is 393 Å². The van der Waals surface area contributed by atoms with Crippen molar-refractivity contribution in [2.24, 2.45) is 5.92 Å². The Morgan fingerprint density at radius 1 is 0.446 bits per heavy atom. The molecule has 0 aliphatic carbocycles. The number of hydrogen-bond acceptors (Lipinski definition) is 18. The van der Waals surface area contributed by atoms with Crippen molar-refractivity contribution < 1.29 is 89.0 Å². The Kier molecular flexibility index (Phi) is 49.8. The van der Waals surface area contributed by atoms with E-state index < -0.39 is 35.5 Å². The molecule has 0 bridgehead atoms. The molecule has 0 saturated carbocycles. The van der Waals surface area contributed by atoms with E-state index in [0.717, 1.165) is 12.8 Å². The van der Waals surface area contributed by atoms with Crippen LogP contribution in [0.1, 0.15) is 74.1 Å². The lowest BCUT2D eigenvalue weighted by Crippen LogP contribution is -2.47. The van der Waals surface area contributed by atoms with Crippen LogP contribution in [0, 0.1) is 5.92 Å². The maximum absolute atomic E-state index is 12.4. The third-order valence-electron chi connectivity index (χ3n) is 8.88. The highest BCUT2D eigenvalue weighted by atomic mass is 28.4. The Bertz CT molecular complexity index is 962. The van der Waals surface area contributed by atoms with Gasteiger partial charge in [-0.3, -0.25) is 9.59 Å². The van der Waals surface area contributed by atoms with Crippen molar-refractivity contribution in [2.45, 2.75) is 86.2 Å². The summed E-state index contributed by atoms with van der Waals surface area (Å²) in [6.07, 6.45) is 2.08. The first kappa shape index (κ1) is 65.8. The van der Waals surface area contributed by atoms with Gasteiger partial charge in [0.05, 0.1) is 112 Å². The topological polar surface area (TPSA) is 216 Å². The van der Waals surface area contributed by atoms with Crippen LogP contribution in [0.15, 0.2) is 0 Å². The van der Waals surface area contributed by atoms with Crippen molar-refractivity contribution in [3.63, 3.8) is 0 Å². The van der Waals surface area contributed by atoms with Gasteiger partial charge in [-0.05, 0) is 73.9 Å². The van der Waals surface area contributed by atoms with Gasteiger partial charge in [-0.1, -0.05) is 6.92 Å². The van der Waals surface area contributed by atoms with Gasteiger partial charge in [-0.25, -0.2) is 0 Å². The molecule has 2 N–H and O–H groups in total. The molecule has 0 amide bonds. The Balaban J connectivity index is 0. The van der Waals surface area contributed by atoms with E-state index in [1.54, 1.807) is 14.0 Å².